The summed E-state index contributed by atoms with van der Waals surface area (Å²) in [6.07, 6.45) is -12.6. The van der Waals surface area contributed by atoms with Crippen LogP contribution in [0.15, 0.2) is 24.3 Å². The number of aromatic amines is 1. The first kappa shape index (κ1) is 21.4. The van der Waals surface area contributed by atoms with Crippen molar-refractivity contribution in [2.75, 3.05) is 5.32 Å². The molecular formula is C15H15F6N5O2. The number of H-pyrrole nitrogens is 1. The van der Waals surface area contributed by atoms with E-state index in [1.165, 1.54) is 0 Å². The van der Waals surface area contributed by atoms with Gasteiger partial charge < -0.3 is 4.74 Å². The molecule has 1 aromatic heterocycles. The highest BCUT2D eigenvalue weighted by Gasteiger charge is 2.75. The molecule has 2 aromatic rings. The maximum atomic E-state index is 13.7. The van der Waals surface area contributed by atoms with Crippen LogP contribution in [0.25, 0.3) is 0 Å². The lowest BCUT2D eigenvalue weighted by atomic mass is 9.78. The standard InChI is InChI=1S/C15H15F6N5O2/c1-12(2,3)28-11(27)22-9-6-4-8(5-7-9)13(14(16,17)18,15(19,20)21)10-23-25-26-24-10/h4-7H,1-3H3,(H,22,27)(H,23,24,25,26). The number of halogens is 6. The molecule has 0 atom stereocenters. The largest absolute Gasteiger partial charge is 0.444 e. The number of rotatable bonds is 3. The van der Waals surface area contributed by atoms with E-state index in [2.05, 4.69) is 20.7 Å². The molecule has 7 nitrogen and oxygen atoms in total. The van der Waals surface area contributed by atoms with E-state index in [1.54, 1.807) is 26.0 Å². The fourth-order valence-electron chi connectivity index (χ4n) is 2.42. The van der Waals surface area contributed by atoms with Gasteiger partial charge in [0.1, 0.15) is 5.60 Å². The Morgan fingerprint density at radius 3 is 1.93 bits per heavy atom. The van der Waals surface area contributed by atoms with Crippen LogP contribution in [0.2, 0.25) is 0 Å². The summed E-state index contributed by atoms with van der Waals surface area (Å²) in [5.74, 6) is -1.60. The molecule has 0 unspecified atom stereocenters. The van der Waals surface area contributed by atoms with E-state index in [0.29, 0.717) is 12.1 Å². The van der Waals surface area contributed by atoms with E-state index in [0.717, 1.165) is 12.1 Å². The fourth-order valence-corrected chi connectivity index (χ4v) is 2.42. The van der Waals surface area contributed by atoms with Crippen molar-refractivity contribution in [3.05, 3.63) is 35.7 Å². The van der Waals surface area contributed by atoms with Crippen LogP contribution in [0.1, 0.15) is 32.2 Å². The summed E-state index contributed by atoms with van der Waals surface area (Å²) in [5.41, 5.74) is -6.60. The van der Waals surface area contributed by atoms with Crippen LogP contribution >= 0.6 is 0 Å². The molecule has 154 valence electrons. The highest BCUT2D eigenvalue weighted by molar-refractivity contribution is 5.84. The average molecular weight is 411 g/mol. The second-order valence-corrected chi connectivity index (χ2v) is 6.69. The first-order valence-electron chi connectivity index (χ1n) is 7.66. The van der Waals surface area contributed by atoms with Crippen molar-refractivity contribution in [1.29, 1.82) is 0 Å². The number of benzene rings is 1. The summed E-state index contributed by atoms with van der Waals surface area (Å²) in [6.45, 7) is 4.75. The Morgan fingerprint density at radius 1 is 1.00 bits per heavy atom. The number of nitrogens with one attached hydrogen (secondary N) is 2. The highest BCUT2D eigenvalue weighted by Crippen LogP contribution is 2.55. The topological polar surface area (TPSA) is 92.8 Å². The van der Waals surface area contributed by atoms with Crippen molar-refractivity contribution in [2.24, 2.45) is 0 Å². The molecule has 0 spiro atoms. The number of carbonyl (C=O) groups excluding carboxylic acids is 1. The van der Waals surface area contributed by atoms with Crippen molar-refractivity contribution in [1.82, 2.24) is 20.6 Å². The minimum atomic E-state index is -5.82. The predicted molar refractivity (Wildman–Crippen MR) is 83.4 cm³/mol. The zero-order valence-corrected chi connectivity index (χ0v) is 14.7. The van der Waals surface area contributed by atoms with Crippen molar-refractivity contribution in [2.45, 2.75) is 44.1 Å². The average Bonchev–Trinajstić information content (AvgIpc) is 2.98. The Balaban J connectivity index is 2.48. The van der Waals surface area contributed by atoms with Gasteiger partial charge in [0, 0.05) is 5.69 Å². The van der Waals surface area contributed by atoms with Gasteiger partial charge >= 0.3 is 18.4 Å². The molecule has 1 amide bonds. The number of hydrogen-bond acceptors (Lipinski definition) is 5. The van der Waals surface area contributed by atoms with Gasteiger partial charge in [-0.2, -0.15) is 31.6 Å². The van der Waals surface area contributed by atoms with Crippen LogP contribution in [0.5, 0.6) is 0 Å². The molecule has 0 bridgehead atoms. The Kier molecular flexibility index (Phi) is 5.32. The lowest BCUT2D eigenvalue weighted by Gasteiger charge is -2.35. The number of aromatic nitrogens is 4. The van der Waals surface area contributed by atoms with Crippen LogP contribution in [-0.4, -0.2) is 44.7 Å². The first-order chi connectivity index (χ1) is 12.7. The molecule has 2 N–H and O–H groups in total. The number of alkyl halides is 6. The van der Waals surface area contributed by atoms with Crippen LogP contribution in [0.4, 0.5) is 36.8 Å². The maximum absolute atomic E-state index is 13.7. The lowest BCUT2D eigenvalue weighted by molar-refractivity contribution is -0.290. The van der Waals surface area contributed by atoms with Crippen LogP contribution < -0.4 is 5.32 Å². The Labute approximate surface area is 154 Å². The summed E-state index contributed by atoms with van der Waals surface area (Å²) in [6, 6.07) is 2.91. The number of hydrogen-bond donors (Lipinski definition) is 2. The maximum Gasteiger partial charge on any atom is 0.414 e. The molecule has 0 fully saturated rings. The highest BCUT2D eigenvalue weighted by atomic mass is 19.4. The molecule has 0 aliphatic rings. The molecule has 13 heteroatoms. The molecule has 28 heavy (non-hydrogen) atoms. The second kappa shape index (κ2) is 6.95. The van der Waals surface area contributed by atoms with Gasteiger partial charge in [-0.25, -0.2) is 4.79 Å². The minimum absolute atomic E-state index is 0.0654. The molecule has 0 saturated heterocycles. The number of anilines is 1. The Morgan fingerprint density at radius 2 is 1.54 bits per heavy atom. The van der Waals surface area contributed by atoms with Crippen molar-refractivity contribution >= 4 is 11.8 Å². The van der Waals surface area contributed by atoms with Crippen LogP contribution in [-0.2, 0) is 10.2 Å². The van der Waals surface area contributed by atoms with Gasteiger partial charge in [0.2, 0.25) is 11.2 Å². The van der Waals surface area contributed by atoms with E-state index in [-0.39, 0.29) is 5.69 Å². The number of amides is 1. The fraction of sp³-hybridized carbons (Fsp3) is 0.467. The van der Waals surface area contributed by atoms with Crippen molar-refractivity contribution in [3.8, 4) is 0 Å². The number of nitrogens with zero attached hydrogens (tertiary/aromatic N) is 3. The number of carbonyl (C=O) groups is 1. The van der Waals surface area contributed by atoms with Crippen molar-refractivity contribution < 1.29 is 35.9 Å². The van der Waals surface area contributed by atoms with Gasteiger partial charge in [-0.05, 0) is 38.5 Å². The van der Waals surface area contributed by atoms with E-state index in [1.807, 2.05) is 0 Å². The molecule has 0 radical (unpaired) electrons. The van der Waals surface area contributed by atoms with Gasteiger partial charge in [-0.1, -0.05) is 17.3 Å². The zero-order chi connectivity index (χ0) is 21.4. The summed E-state index contributed by atoms with van der Waals surface area (Å²) >= 11 is 0. The van der Waals surface area contributed by atoms with Gasteiger partial charge in [0.05, 0.1) is 0 Å². The third-order valence-electron chi connectivity index (χ3n) is 3.49. The third-order valence-corrected chi connectivity index (χ3v) is 3.49. The van der Waals surface area contributed by atoms with Gasteiger partial charge in [-0.3, -0.25) is 5.32 Å². The normalized spacial score (nSPS) is 13.3. The molecule has 2 rings (SSSR count). The van der Waals surface area contributed by atoms with E-state index >= 15 is 0 Å². The molecular weight excluding hydrogens is 396 g/mol. The summed E-state index contributed by atoms with van der Waals surface area (Å²) in [7, 11) is 0. The number of ether oxygens (including phenoxy) is 1. The Hall–Kier alpha value is -2.86. The van der Waals surface area contributed by atoms with Crippen molar-refractivity contribution in [3.63, 3.8) is 0 Å². The van der Waals surface area contributed by atoms with Gasteiger partial charge in [0.25, 0.3) is 0 Å². The Bertz CT molecular complexity index is 795. The zero-order valence-electron chi connectivity index (χ0n) is 14.7. The van der Waals surface area contributed by atoms with E-state index < -0.39 is 40.8 Å². The first-order valence-corrected chi connectivity index (χ1v) is 7.66. The van der Waals surface area contributed by atoms with Crippen LogP contribution in [0, 0.1) is 0 Å². The summed E-state index contributed by atoms with van der Waals surface area (Å²) < 4.78 is 87.1. The SMILES string of the molecule is CC(C)(C)OC(=O)Nc1ccc(C(c2nn[nH]n2)(C(F)(F)F)C(F)(F)F)cc1. The number of tetrazole rings is 1. The second-order valence-electron chi connectivity index (χ2n) is 6.69. The molecule has 0 aliphatic heterocycles. The summed E-state index contributed by atoms with van der Waals surface area (Å²) in [4.78, 5) is 11.7. The van der Waals surface area contributed by atoms with E-state index in [9.17, 15) is 31.1 Å². The molecule has 0 saturated carbocycles. The predicted octanol–water partition coefficient (Wildman–Crippen LogP) is 3.96. The monoisotopic (exact) mass is 411 g/mol. The molecule has 1 heterocycles. The minimum Gasteiger partial charge on any atom is -0.444 e. The third kappa shape index (κ3) is 4.02. The smallest absolute Gasteiger partial charge is 0.414 e. The molecule has 0 aliphatic carbocycles. The molecule has 1 aromatic carbocycles. The van der Waals surface area contributed by atoms with Crippen LogP contribution in [0.3, 0.4) is 0 Å². The van der Waals surface area contributed by atoms with Gasteiger partial charge in [-0.15, -0.1) is 10.2 Å². The quantitative estimate of drug-likeness (QED) is 0.746. The lowest BCUT2D eigenvalue weighted by Crippen LogP contribution is -2.55. The van der Waals surface area contributed by atoms with Gasteiger partial charge in [0.15, 0.2) is 0 Å². The van der Waals surface area contributed by atoms with E-state index in [4.69, 9.17) is 4.74 Å². The summed E-state index contributed by atoms with van der Waals surface area (Å²) in [5, 5.41) is 12.5.